The number of aromatic nitrogens is 1. The van der Waals surface area contributed by atoms with Gasteiger partial charge >= 0.3 is 6.18 Å². The smallest absolute Gasteiger partial charge is 0.375 e. The van der Waals surface area contributed by atoms with E-state index in [4.69, 9.17) is 5.73 Å². The van der Waals surface area contributed by atoms with Crippen molar-refractivity contribution in [3.63, 3.8) is 0 Å². The van der Waals surface area contributed by atoms with Gasteiger partial charge in [-0.2, -0.15) is 13.2 Å². The van der Waals surface area contributed by atoms with E-state index in [1.54, 1.807) is 0 Å². The van der Waals surface area contributed by atoms with E-state index < -0.39 is 11.7 Å². The summed E-state index contributed by atoms with van der Waals surface area (Å²) in [6.45, 7) is 4.12. The maximum absolute atomic E-state index is 12.5. The molecule has 0 radical (unpaired) electrons. The molecule has 0 bridgehead atoms. The van der Waals surface area contributed by atoms with Crippen molar-refractivity contribution in [1.29, 1.82) is 0 Å². The van der Waals surface area contributed by atoms with Gasteiger partial charge in [-0.25, -0.2) is 4.98 Å². The number of rotatable bonds is 3. The minimum Gasteiger partial charge on any atom is -0.375 e. The summed E-state index contributed by atoms with van der Waals surface area (Å²) < 4.78 is 37.6. The van der Waals surface area contributed by atoms with E-state index in [0.717, 1.165) is 34.7 Å². The van der Waals surface area contributed by atoms with Crippen molar-refractivity contribution in [2.45, 2.75) is 26.4 Å². The molecule has 0 unspecified atom stereocenters. The molecular formula is C14H15F3N2S. The lowest BCUT2D eigenvalue weighted by atomic mass is 10.0. The number of anilines is 1. The van der Waals surface area contributed by atoms with Crippen LogP contribution in [0.5, 0.6) is 0 Å². The predicted molar refractivity (Wildman–Crippen MR) is 75.5 cm³/mol. The second kappa shape index (κ2) is 5.44. The van der Waals surface area contributed by atoms with Crippen molar-refractivity contribution in [3.8, 4) is 10.4 Å². The van der Waals surface area contributed by atoms with Gasteiger partial charge < -0.3 is 5.73 Å². The van der Waals surface area contributed by atoms with Crippen LogP contribution in [-0.4, -0.2) is 4.98 Å². The molecule has 20 heavy (non-hydrogen) atoms. The Bertz CT molecular complexity index is 585. The Morgan fingerprint density at radius 1 is 1.20 bits per heavy atom. The van der Waals surface area contributed by atoms with Gasteiger partial charge in [-0.05, 0) is 30.0 Å². The van der Waals surface area contributed by atoms with Gasteiger partial charge in [-0.3, -0.25) is 0 Å². The molecule has 1 heterocycles. The number of halogens is 3. The average molecular weight is 300 g/mol. The van der Waals surface area contributed by atoms with E-state index in [2.05, 4.69) is 18.8 Å². The minimum absolute atomic E-state index is 0.407. The number of alkyl halides is 3. The summed E-state index contributed by atoms with van der Waals surface area (Å²) in [4.78, 5) is 5.12. The zero-order chi connectivity index (χ0) is 14.9. The lowest BCUT2D eigenvalue weighted by molar-refractivity contribution is -0.137. The van der Waals surface area contributed by atoms with Crippen LogP contribution in [0, 0.1) is 5.92 Å². The molecule has 0 spiro atoms. The average Bonchev–Trinajstić information content (AvgIpc) is 2.68. The molecule has 0 atom stereocenters. The summed E-state index contributed by atoms with van der Waals surface area (Å²) in [5.41, 5.74) is 6.64. The Labute approximate surface area is 119 Å². The summed E-state index contributed by atoms with van der Waals surface area (Å²) in [6, 6.07) is 5.12. The fourth-order valence-electron chi connectivity index (χ4n) is 1.93. The van der Waals surface area contributed by atoms with Crippen LogP contribution in [0.1, 0.15) is 25.1 Å². The second-order valence-corrected chi connectivity index (χ2v) is 6.03. The topological polar surface area (TPSA) is 38.9 Å². The van der Waals surface area contributed by atoms with E-state index in [0.29, 0.717) is 11.0 Å². The molecule has 0 aliphatic rings. The van der Waals surface area contributed by atoms with Gasteiger partial charge in [0.05, 0.1) is 16.1 Å². The van der Waals surface area contributed by atoms with Crippen LogP contribution >= 0.6 is 11.3 Å². The predicted octanol–water partition coefficient (Wildman–Crippen LogP) is 4.61. The maximum atomic E-state index is 12.5. The largest absolute Gasteiger partial charge is 0.416 e. The molecule has 2 nitrogen and oxygen atoms in total. The second-order valence-electron chi connectivity index (χ2n) is 5.00. The molecule has 2 rings (SSSR count). The van der Waals surface area contributed by atoms with Gasteiger partial charge in [-0.1, -0.05) is 37.3 Å². The first-order valence-electron chi connectivity index (χ1n) is 6.20. The molecule has 2 aromatic rings. The van der Waals surface area contributed by atoms with Gasteiger partial charge in [0.15, 0.2) is 5.13 Å². The van der Waals surface area contributed by atoms with E-state index in [1.165, 1.54) is 23.5 Å². The molecule has 1 aromatic heterocycles. The third-order valence-electron chi connectivity index (χ3n) is 2.79. The standard InChI is InChI=1S/C14H15F3N2S/c1-8(2)7-11-12(20-13(18)19-11)9-3-5-10(6-4-9)14(15,16)17/h3-6,8H,7H2,1-2H3,(H2,18,19). The van der Waals surface area contributed by atoms with Crippen molar-refractivity contribution >= 4 is 16.5 Å². The van der Waals surface area contributed by atoms with E-state index in [1.807, 2.05) is 0 Å². The molecule has 6 heteroatoms. The van der Waals surface area contributed by atoms with Crippen molar-refractivity contribution in [3.05, 3.63) is 35.5 Å². The van der Waals surface area contributed by atoms with Crippen molar-refractivity contribution < 1.29 is 13.2 Å². The molecule has 0 aliphatic carbocycles. The first kappa shape index (κ1) is 14.8. The number of nitrogen functional groups attached to an aromatic ring is 1. The molecule has 0 aliphatic heterocycles. The Morgan fingerprint density at radius 3 is 2.30 bits per heavy atom. The highest BCUT2D eigenvalue weighted by Gasteiger charge is 2.30. The zero-order valence-corrected chi connectivity index (χ0v) is 12.0. The number of thiazole rings is 1. The van der Waals surface area contributed by atoms with Crippen LogP contribution in [0.25, 0.3) is 10.4 Å². The fourth-order valence-corrected chi connectivity index (χ4v) is 2.80. The molecule has 2 N–H and O–H groups in total. The first-order chi connectivity index (χ1) is 9.27. The SMILES string of the molecule is CC(C)Cc1nc(N)sc1-c1ccc(C(F)(F)F)cc1. The molecule has 0 amide bonds. The van der Waals surface area contributed by atoms with Gasteiger partial charge in [0.1, 0.15) is 0 Å². The van der Waals surface area contributed by atoms with Crippen LogP contribution in [0.15, 0.2) is 24.3 Å². The number of benzene rings is 1. The zero-order valence-electron chi connectivity index (χ0n) is 11.2. The van der Waals surface area contributed by atoms with Crippen molar-refractivity contribution in [2.24, 2.45) is 5.92 Å². The highest BCUT2D eigenvalue weighted by atomic mass is 32.1. The Balaban J connectivity index is 2.36. The van der Waals surface area contributed by atoms with Crippen molar-refractivity contribution in [1.82, 2.24) is 4.98 Å². The van der Waals surface area contributed by atoms with Gasteiger partial charge in [-0.15, -0.1) is 0 Å². The number of hydrogen-bond donors (Lipinski definition) is 1. The van der Waals surface area contributed by atoms with Crippen LogP contribution in [-0.2, 0) is 12.6 Å². The maximum Gasteiger partial charge on any atom is 0.416 e. The molecular weight excluding hydrogens is 285 g/mol. The third-order valence-corrected chi connectivity index (χ3v) is 3.77. The first-order valence-corrected chi connectivity index (χ1v) is 7.02. The van der Waals surface area contributed by atoms with Crippen molar-refractivity contribution in [2.75, 3.05) is 5.73 Å². The summed E-state index contributed by atoms with van der Waals surface area (Å²) in [5, 5.41) is 0.440. The summed E-state index contributed by atoms with van der Waals surface area (Å²) in [7, 11) is 0. The van der Waals surface area contributed by atoms with Crippen LogP contribution < -0.4 is 5.73 Å². The molecule has 108 valence electrons. The van der Waals surface area contributed by atoms with E-state index >= 15 is 0 Å². The summed E-state index contributed by atoms with van der Waals surface area (Å²) in [5.74, 6) is 0.407. The fraction of sp³-hybridized carbons (Fsp3) is 0.357. The number of hydrogen-bond acceptors (Lipinski definition) is 3. The van der Waals surface area contributed by atoms with E-state index in [9.17, 15) is 13.2 Å². The lowest BCUT2D eigenvalue weighted by Crippen LogP contribution is -2.04. The normalized spacial score (nSPS) is 12.1. The monoisotopic (exact) mass is 300 g/mol. The van der Waals surface area contributed by atoms with Gasteiger partial charge in [0, 0.05) is 0 Å². The molecule has 1 aromatic carbocycles. The third kappa shape index (κ3) is 3.30. The molecule has 0 saturated carbocycles. The number of nitrogens with zero attached hydrogens (tertiary/aromatic N) is 1. The minimum atomic E-state index is -4.31. The van der Waals surface area contributed by atoms with E-state index in [-0.39, 0.29) is 0 Å². The van der Waals surface area contributed by atoms with Gasteiger partial charge in [0.2, 0.25) is 0 Å². The molecule has 0 saturated heterocycles. The summed E-state index contributed by atoms with van der Waals surface area (Å²) >= 11 is 1.31. The number of nitrogens with two attached hydrogens (primary N) is 1. The lowest BCUT2D eigenvalue weighted by Gasteiger charge is -2.08. The molecule has 0 fully saturated rings. The van der Waals surface area contributed by atoms with Gasteiger partial charge in [0.25, 0.3) is 0 Å². The quantitative estimate of drug-likeness (QED) is 0.899. The van der Waals surface area contributed by atoms with Crippen LogP contribution in [0.3, 0.4) is 0 Å². The highest BCUT2D eigenvalue weighted by molar-refractivity contribution is 7.18. The van der Waals surface area contributed by atoms with Crippen LogP contribution in [0.2, 0.25) is 0 Å². The highest BCUT2D eigenvalue weighted by Crippen LogP contribution is 2.35. The Hall–Kier alpha value is -1.56. The Morgan fingerprint density at radius 2 is 1.80 bits per heavy atom. The summed E-state index contributed by atoms with van der Waals surface area (Å²) in [6.07, 6.45) is -3.56. The van der Waals surface area contributed by atoms with Crippen LogP contribution in [0.4, 0.5) is 18.3 Å². The Kier molecular flexibility index (Phi) is 4.04.